The summed E-state index contributed by atoms with van der Waals surface area (Å²) in [6, 6.07) is 6.81. The van der Waals surface area contributed by atoms with Crippen LogP contribution in [0.2, 0.25) is 0 Å². The zero-order valence-corrected chi connectivity index (χ0v) is 15.0. The van der Waals surface area contributed by atoms with E-state index in [9.17, 15) is 13.2 Å². The van der Waals surface area contributed by atoms with Crippen molar-refractivity contribution in [3.63, 3.8) is 0 Å². The predicted molar refractivity (Wildman–Crippen MR) is 97.3 cm³/mol. The molecule has 6 nitrogen and oxygen atoms in total. The van der Waals surface area contributed by atoms with Crippen molar-refractivity contribution in [2.75, 3.05) is 36.2 Å². The number of nitrogens with one attached hydrogen (secondary N) is 2. The van der Waals surface area contributed by atoms with Crippen LogP contribution in [-0.2, 0) is 10.0 Å². The number of halogens is 1. The van der Waals surface area contributed by atoms with Gasteiger partial charge in [0.25, 0.3) is 5.91 Å². The summed E-state index contributed by atoms with van der Waals surface area (Å²) in [5, 5.41) is 6.13. The molecule has 0 radical (unpaired) electrons. The third kappa shape index (κ3) is 4.28. The van der Waals surface area contributed by atoms with Crippen LogP contribution < -0.4 is 14.9 Å². The van der Waals surface area contributed by atoms with E-state index in [2.05, 4.69) is 16.7 Å². The molecule has 1 aromatic carbocycles. The summed E-state index contributed by atoms with van der Waals surface area (Å²) in [6.45, 7) is 2.79. The van der Waals surface area contributed by atoms with Crippen molar-refractivity contribution in [1.82, 2.24) is 10.6 Å². The molecular formula is C16H22ClN3O3S. The molecule has 0 unspecified atom stereocenters. The SMILES string of the molecule is Cl.O=C(NCC1=CCNCC1)c1cccc(N2CCCS2(=O)=O)c1. The lowest BCUT2D eigenvalue weighted by Crippen LogP contribution is -2.30. The Morgan fingerprint density at radius 1 is 1.33 bits per heavy atom. The Labute approximate surface area is 148 Å². The maximum Gasteiger partial charge on any atom is 0.251 e. The number of amides is 1. The minimum atomic E-state index is -3.23. The second-order valence-electron chi connectivity index (χ2n) is 5.79. The summed E-state index contributed by atoms with van der Waals surface area (Å²) in [6.07, 6.45) is 3.66. The van der Waals surface area contributed by atoms with Crippen molar-refractivity contribution in [3.05, 3.63) is 41.5 Å². The van der Waals surface area contributed by atoms with E-state index in [1.165, 1.54) is 9.88 Å². The van der Waals surface area contributed by atoms with Crippen LogP contribution in [0, 0.1) is 0 Å². The highest BCUT2D eigenvalue weighted by molar-refractivity contribution is 7.93. The summed E-state index contributed by atoms with van der Waals surface area (Å²) < 4.78 is 25.4. The fourth-order valence-corrected chi connectivity index (χ4v) is 4.41. The molecule has 2 aliphatic heterocycles. The molecule has 3 rings (SSSR count). The van der Waals surface area contributed by atoms with Gasteiger partial charge in [-0.05, 0) is 37.6 Å². The molecular weight excluding hydrogens is 350 g/mol. The number of carbonyl (C=O) groups excluding carboxylic acids is 1. The van der Waals surface area contributed by atoms with Crippen LogP contribution in [-0.4, -0.2) is 46.3 Å². The van der Waals surface area contributed by atoms with Crippen LogP contribution in [0.4, 0.5) is 5.69 Å². The molecule has 1 saturated heterocycles. The van der Waals surface area contributed by atoms with E-state index < -0.39 is 10.0 Å². The first kappa shape index (κ1) is 18.8. The van der Waals surface area contributed by atoms with Gasteiger partial charge < -0.3 is 10.6 Å². The third-order valence-electron chi connectivity index (χ3n) is 4.13. The zero-order valence-electron chi connectivity index (χ0n) is 13.3. The topological polar surface area (TPSA) is 78.5 Å². The number of hydrogen-bond donors (Lipinski definition) is 2. The van der Waals surface area contributed by atoms with Crippen LogP contribution in [0.1, 0.15) is 23.2 Å². The van der Waals surface area contributed by atoms with E-state index in [1.807, 2.05) is 0 Å². The quantitative estimate of drug-likeness (QED) is 0.782. The minimum absolute atomic E-state index is 0. The van der Waals surface area contributed by atoms with Crippen LogP contribution in [0.25, 0.3) is 0 Å². The van der Waals surface area contributed by atoms with E-state index in [0.29, 0.717) is 30.8 Å². The largest absolute Gasteiger partial charge is 0.348 e. The number of benzene rings is 1. The predicted octanol–water partition coefficient (Wildman–Crippen LogP) is 1.30. The minimum Gasteiger partial charge on any atom is -0.348 e. The van der Waals surface area contributed by atoms with Gasteiger partial charge >= 0.3 is 0 Å². The first-order valence-corrected chi connectivity index (χ1v) is 9.44. The smallest absolute Gasteiger partial charge is 0.251 e. The molecule has 24 heavy (non-hydrogen) atoms. The summed E-state index contributed by atoms with van der Waals surface area (Å²) in [5.41, 5.74) is 2.27. The van der Waals surface area contributed by atoms with Gasteiger partial charge in [-0.1, -0.05) is 17.7 Å². The molecule has 2 heterocycles. The van der Waals surface area contributed by atoms with Crippen molar-refractivity contribution >= 4 is 34.0 Å². The second kappa shape index (κ2) is 8.00. The monoisotopic (exact) mass is 371 g/mol. The van der Waals surface area contributed by atoms with Gasteiger partial charge in [-0.15, -0.1) is 12.4 Å². The molecule has 1 fully saturated rings. The van der Waals surface area contributed by atoms with Gasteiger partial charge in [0.15, 0.2) is 0 Å². The number of carbonyl (C=O) groups is 1. The Morgan fingerprint density at radius 3 is 2.83 bits per heavy atom. The van der Waals surface area contributed by atoms with Gasteiger partial charge in [-0.2, -0.15) is 0 Å². The maximum absolute atomic E-state index is 12.3. The highest BCUT2D eigenvalue weighted by Crippen LogP contribution is 2.24. The van der Waals surface area contributed by atoms with E-state index in [1.54, 1.807) is 24.3 Å². The van der Waals surface area contributed by atoms with Gasteiger partial charge in [0, 0.05) is 25.2 Å². The number of anilines is 1. The Morgan fingerprint density at radius 2 is 2.17 bits per heavy atom. The molecule has 0 aliphatic carbocycles. The summed E-state index contributed by atoms with van der Waals surface area (Å²) in [5.74, 6) is -0.00565. The molecule has 2 N–H and O–H groups in total. The van der Waals surface area contributed by atoms with Gasteiger partial charge in [0.2, 0.25) is 10.0 Å². The first-order chi connectivity index (χ1) is 11.1. The van der Waals surface area contributed by atoms with Crippen molar-refractivity contribution in [3.8, 4) is 0 Å². The molecule has 1 aromatic rings. The molecule has 132 valence electrons. The molecule has 0 saturated carbocycles. The molecule has 1 amide bonds. The number of hydrogen-bond acceptors (Lipinski definition) is 4. The van der Waals surface area contributed by atoms with Gasteiger partial charge in [-0.3, -0.25) is 9.10 Å². The summed E-state index contributed by atoms with van der Waals surface area (Å²) in [7, 11) is -3.23. The molecule has 2 aliphatic rings. The van der Waals surface area contributed by atoms with Gasteiger partial charge in [0.05, 0.1) is 11.4 Å². The Balaban J connectivity index is 0.00000208. The van der Waals surface area contributed by atoms with Crippen molar-refractivity contribution < 1.29 is 13.2 Å². The number of rotatable bonds is 4. The van der Waals surface area contributed by atoms with Crippen LogP contribution in [0.15, 0.2) is 35.9 Å². The summed E-state index contributed by atoms with van der Waals surface area (Å²) in [4.78, 5) is 12.3. The third-order valence-corrected chi connectivity index (χ3v) is 6.00. The second-order valence-corrected chi connectivity index (χ2v) is 7.80. The lowest BCUT2D eigenvalue weighted by atomic mass is 10.1. The number of sulfonamides is 1. The van der Waals surface area contributed by atoms with Crippen molar-refractivity contribution in [2.24, 2.45) is 0 Å². The number of nitrogens with zero attached hydrogens (tertiary/aromatic N) is 1. The molecule has 0 spiro atoms. The van der Waals surface area contributed by atoms with Crippen molar-refractivity contribution in [2.45, 2.75) is 12.8 Å². The lowest BCUT2D eigenvalue weighted by molar-refractivity contribution is 0.0956. The molecule has 0 atom stereocenters. The first-order valence-electron chi connectivity index (χ1n) is 7.83. The van der Waals surface area contributed by atoms with Gasteiger partial charge in [-0.25, -0.2) is 8.42 Å². The highest BCUT2D eigenvalue weighted by atomic mass is 35.5. The van der Waals surface area contributed by atoms with E-state index in [0.717, 1.165) is 19.5 Å². The van der Waals surface area contributed by atoms with E-state index in [4.69, 9.17) is 0 Å². The Hall–Kier alpha value is -1.57. The zero-order chi connectivity index (χ0) is 16.3. The summed E-state index contributed by atoms with van der Waals surface area (Å²) >= 11 is 0. The van der Waals surface area contributed by atoms with Crippen molar-refractivity contribution in [1.29, 1.82) is 0 Å². The Kier molecular flexibility index (Phi) is 6.26. The molecule has 0 aromatic heterocycles. The van der Waals surface area contributed by atoms with Gasteiger partial charge in [0.1, 0.15) is 0 Å². The average Bonchev–Trinajstić information content (AvgIpc) is 2.93. The average molecular weight is 372 g/mol. The van der Waals surface area contributed by atoms with Crippen LogP contribution in [0.5, 0.6) is 0 Å². The maximum atomic E-state index is 12.3. The Bertz CT molecular complexity index is 734. The highest BCUT2D eigenvalue weighted by Gasteiger charge is 2.28. The lowest BCUT2D eigenvalue weighted by Gasteiger charge is -2.18. The fourth-order valence-electron chi connectivity index (χ4n) is 2.86. The standard InChI is InChI=1S/C16H21N3O3S.ClH/c20-16(18-12-13-5-7-17-8-6-13)14-3-1-4-15(11-14)19-9-2-10-23(19,21)22;/h1,3-5,11,17H,2,6-10,12H2,(H,18,20);1H. The van der Waals surface area contributed by atoms with E-state index >= 15 is 0 Å². The normalized spacial score (nSPS) is 19.3. The fraction of sp³-hybridized carbons (Fsp3) is 0.438. The van der Waals surface area contributed by atoms with Crippen LogP contribution in [0.3, 0.4) is 0 Å². The van der Waals surface area contributed by atoms with E-state index in [-0.39, 0.29) is 24.1 Å². The molecule has 0 bridgehead atoms. The molecule has 8 heteroatoms. The van der Waals surface area contributed by atoms with Crippen LogP contribution >= 0.6 is 12.4 Å².